The van der Waals surface area contributed by atoms with E-state index in [0.717, 1.165) is 10.2 Å². The lowest BCUT2D eigenvalue weighted by Crippen LogP contribution is -2.15. The predicted octanol–water partition coefficient (Wildman–Crippen LogP) is 4.94. The van der Waals surface area contributed by atoms with Gasteiger partial charge in [0.05, 0.1) is 27.1 Å². The molecule has 0 saturated heterocycles. The van der Waals surface area contributed by atoms with Gasteiger partial charge >= 0.3 is 5.97 Å². The Bertz CT molecular complexity index is 1200. The zero-order chi connectivity index (χ0) is 19.1. The van der Waals surface area contributed by atoms with E-state index in [4.69, 9.17) is 9.15 Å². The third-order valence-corrected chi connectivity index (χ3v) is 5.29. The molecular weight excluding hydrogens is 362 g/mol. The van der Waals surface area contributed by atoms with Gasteiger partial charge in [0.25, 0.3) is 0 Å². The summed E-state index contributed by atoms with van der Waals surface area (Å²) in [7, 11) is 0. The van der Waals surface area contributed by atoms with E-state index in [1.54, 1.807) is 39.0 Å². The summed E-state index contributed by atoms with van der Waals surface area (Å²) in [6.07, 6.45) is 0. The van der Waals surface area contributed by atoms with E-state index >= 15 is 0 Å². The molecule has 0 amide bonds. The van der Waals surface area contributed by atoms with Crippen LogP contribution in [0.3, 0.4) is 0 Å². The first-order chi connectivity index (χ1) is 12.9. The van der Waals surface area contributed by atoms with Crippen LogP contribution >= 0.6 is 11.3 Å². The first kappa shape index (κ1) is 17.4. The average Bonchev–Trinajstić information content (AvgIpc) is 3.04. The van der Waals surface area contributed by atoms with Gasteiger partial charge in [0.1, 0.15) is 22.1 Å². The van der Waals surface area contributed by atoms with Crippen molar-refractivity contribution in [3.8, 4) is 16.3 Å². The first-order valence-corrected chi connectivity index (χ1v) is 9.41. The maximum absolute atomic E-state index is 13.1. The van der Waals surface area contributed by atoms with Gasteiger partial charge in [-0.05, 0) is 31.2 Å². The van der Waals surface area contributed by atoms with Gasteiger partial charge in [-0.15, -0.1) is 11.3 Å². The van der Waals surface area contributed by atoms with Crippen LogP contribution in [-0.2, 0) is 4.79 Å². The minimum Gasteiger partial charge on any atom is -0.460 e. The van der Waals surface area contributed by atoms with E-state index in [0.29, 0.717) is 33.1 Å². The molecule has 0 fully saturated rings. The molecule has 0 saturated carbocycles. The fourth-order valence-corrected chi connectivity index (χ4v) is 3.87. The molecule has 0 aliphatic rings. The zero-order valence-corrected chi connectivity index (χ0v) is 15.9. The Morgan fingerprint density at radius 1 is 1.19 bits per heavy atom. The minimum atomic E-state index is -0.334. The van der Waals surface area contributed by atoms with Crippen LogP contribution in [0.5, 0.6) is 5.75 Å². The maximum Gasteiger partial charge on any atom is 0.313 e. The van der Waals surface area contributed by atoms with Crippen LogP contribution in [0, 0.1) is 12.8 Å². The molecule has 2 heterocycles. The molecule has 5 nitrogen and oxygen atoms in total. The Kier molecular flexibility index (Phi) is 4.28. The summed E-state index contributed by atoms with van der Waals surface area (Å²) in [5.41, 5.74) is 1.56. The van der Waals surface area contributed by atoms with Crippen LogP contribution in [0.4, 0.5) is 0 Å². The van der Waals surface area contributed by atoms with E-state index in [-0.39, 0.29) is 17.3 Å². The Labute approximate surface area is 159 Å². The standard InChI is InChI=1S/C21H17NO4S/c1-11(2)21(24)26-13-8-9-14-16(10-13)25-12(3)18(19(14)23)20-22-15-6-4-5-7-17(15)27-20/h4-11H,1-3H3. The van der Waals surface area contributed by atoms with Gasteiger partial charge in [-0.3, -0.25) is 9.59 Å². The molecule has 0 aliphatic carbocycles. The number of esters is 1. The van der Waals surface area contributed by atoms with E-state index in [1.807, 2.05) is 24.3 Å². The molecule has 0 bridgehead atoms. The van der Waals surface area contributed by atoms with Crippen molar-refractivity contribution in [1.29, 1.82) is 0 Å². The third-order valence-electron chi connectivity index (χ3n) is 4.24. The number of nitrogens with zero attached hydrogens (tertiary/aromatic N) is 1. The number of thiazole rings is 1. The lowest BCUT2D eigenvalue weighted by atomic mass is 10.1. The summed E-state index contributed by atoms with van der Waals surface area (Å²) in [5, 5.41) is 1.07. The molecule has 0 spiro atoms. The van der Waals surface area contributed by atoms with Crippen molar-refractivity contribution in [3.05, 3.63) is 58.4 Å². The van der Waals surface area contributed by atoms with Crippen molar-refractivity contribution in [2.75, 3.05) is 0 Å². The minimum absolute atomic E-state index is 0.144. The number of aromatic nitrogens is 1. The zero-order valence-electron chi connectivity index (χ0n) is 15.1. The Balaban J connectivity index is 1.84. The highest BCUT2D eigenvalue weighted by atomic mass is 32.1. The molecular formula is C21H17NO4S. The Hall–Kier alpha value is -2.99. The van der Waals surface area contributed by atoms with E-state index in [2.05, 4.69) is 4.98 Å². The number of carbonyl (C=O) groups excluding carboxylic acids is 1. The van der Waals surface area contributed by atoms with Gasteiger partial charge in [0.2, 0.25) is 5.43 Å². The number of aryl methyl sites for hydroxylation is 1. The number of fused-ring (bicyclic) bond motifs is 2. The quantitative estimate of drug-likeness (QED) is 0.372. The van der Waals surface area contributed by atoms with Gasteiger partial charge in [0, 0.05) is 6.07 Å². The number of hydrogen-bond acceptors (Lipinski definition) is 6. The summed E-state index contributed by atoms with van der Waals surface area (Å²) in [4.78, 5) is 29.4. The number of ether oxygens (including phenoxy) is 1. The fraction of sp³-hybridized carbons (Fsp3) is 0.190. The molecule has 0 N–H and O–H groups in total. The molecule has 27 heavy (non-hydrogen) atoms. The second kappa shape index (κ2) is 6.63. The van der Waals surface area contributed by atoms with Crippen molar-refractivity contribution in [2.45, 2.75) is 20.8 Å². The molecule has 4 aromatic rings. The monoisotopic (exact) mass is 379 g/mol. The van der Waals surface area contributed by atoms with Crippen molar-refractivity contribution in [1.82, 2.24) is 4.98 Å². The van der Waals surface area contributed by atoms with Crippen LogP contribution < -0.4 is 10.2 Å². The Morgan fingerprint density at radius 3 is 2.70 bits per heavy atom. The molecule has 0 unspecified atom stereocenters. The fourth-order valence-electron chi connectivity index (χ4n) is 2.81. The van der Waals surface area contributed by atoms with Crippen LogP contribution in [-0.4, -0.2) is 11.0 Å². The number of para-hydroxylation sites is 1. The topological polar surface area (TPSA) is 69.4 Å². The van der Waals surface area contributed by atoms with Gasteiger partial charge in [0.15, 0.2) is 0 Å². The number of benzene rings is 2. The van der Waals surface area contributed by atoms with Crippen LogP contribution in [0.15, 0.2) is 51.7 Å². The van der Waals surface area contributed by atoms with Gasteiger partial charge in [-0.2, -0.15) is 0 Å². The van der Waals surface area contributed by atoms with Crippen molar-refractivity contribution in [2.24, 2.45) is 5.92 Å². The second-order valence-electron chi connectivity index (χ2n) is 6.58. The first-order valence-electron chi connectivity index (χ1n) is 8.59. The Morgan fingerprint density at radius 2 is 1.96 bits per heavy atom. The molecule has 0 radical (unpaired) electrons. The third kappa shape index (κ3) is 3.13. The lowest BCUT2D eigenvalue weighted by Gasteiger charge is -2.08. The van der Waals surface area contributed by atoms with Gasteiger partial charge < -0.3 is 9.15 Å². The van der Waals surface area contributed by atoms with Crippen molar-refractivity contribution >= 4 is 38.5 Å². The number of hydrogen-bond donors (Lipinski definition) is 0. The van der Waals surface area contributed by atoms with E-state index in [9.17, 15) is 9.59 Å². The second-order valence-corrected chi connectivity index (χ2v) is 7.61. The highest BCUT2D eigenvalue weighted by molar-refractivity contribution is 7.21. The number of carbonyl (C=O) groups is 1. The van der Waals surface area contributed by atoms with Gasteiger partial charge in [-0.1, -0.05) is 26.0 Å². The molecule has 0 atom stereocenters. The normalized spacial score (nSPS) is 11.4. The van der Waals surface area contributed by atoms with Crippen LogP contribution in [0.2, 0.25) is 0 Å². The summed E-state index contributed by atoms with van der Waals surface area (Å²) in [6, 6.07) is 12.6. The molecule has 6 heteroatoms. The lowest BCUT2D eigenvalue weighted by molar-refractivity contribution is -0.137. The number of rotatable bonds is 3. The van der Waals surface area contributed by atoms with Crippen LogP contribution in [0.25, 0.3) is 31.8 Å². The van der Waals surface area contributed by atoms with E-state index in [1.165, 1.54) is 11.3 Å². The predicted molar refractivity (Wildman–Crippen MR) is 106 cm³/mol. The van der Waals surface area contributed by atoms with Gasteiger partial charge in [-0.25, -0.2) is 4.98 Å². The highest BCUT2D eigenvalue weighted by Crippen LogP contribution is 2.32. The summed E-state index contributed by atoms with van der Waals surface area (Å²) in [5.74, 6) is 0.269. The highest BCUT2D eigenvalue weighted by Gasteiger charge is 2.18. The van der Waals surface area contributed by atoms with Crippen LogP contribution in [0.1, 0.15) is 19.6 Å². The molecule has 4 rings (SSSR count). The molecule has 136 valence electrons. The average molecular weight is 379 g/mol. The molecule has 2 aromatic carbocycles. The van der Waals surface area contributed by atoms with Crippen molar-refractivity contribution in [3.63, 3.8) is 0 Å². The summed E-state index contributed by atoms with van der Waals surface area (Å²) >= 11 is 1.46. The summed E-state index contributed by atoms with van der Waals surface area (Å²) < 4.78 is 12.2. The molecule has 0 aliphatic heterocycles. The summed E-state index contributed by atoms with van der Waals surface area (Å²) in [6.45, 7) is 5.27. The largest absolute Gasteiger partial charge is 0.460 e. The maximum atomic E-state index is 13.1. The smallest absolute Gasteiger partial charge is 0.313 e. The SMILES string of the molecule is Cc1oc2cc(OC(=O)C(C)C)ccc2c(=O)c1-c1nc2ccccc2s1. The van der Waals surface area contributed by atoms with Crippen molar-refractivity contribution < 1.29 is 13.9 Å². The molecule has 2 aromatic heterocycles. The van der Waals surface area contributed by atoms with E-state index < -0.39 is 0 Å².